The molecule has 0 bridgehead atoms. The van der Waals surface area contributed by atoms with Gasteiger partial charge >= 0.3 is 0 Å². The maximum Gasteiger partial charge on any atom is 0.242 e. The number of hydrogen-bond donors (Lipinski definition) is 2. The third-order valence-corrected chi connectivity index (χ3v) is 4.06. The van der Waals surface area contributed by atoms with Gasteiger partial charge in [-0.2, -0.15) is 0 Å². The lowest BCUT2D eigenvalue weighted by Crippen LogP contribution is -2.53. The van der Waals surface area contributed by atoms with Crippen molar-refractivity contribution in [3.63, 3.8) is 0 Å². The summed E-state index contributed by atoms with van der Waals surface area (Å²) < 4.78 is 0. The van der Waals surface area contributed by atoms with Gasteiger partial charge in [0.15, 0.2) is 5.96 Å². The summed E-state index contributed by atoms with van der Waals surface area (Å²) in [4.78, 5) is 31.8. The second-order valence-corrected chi connectivity index (χ2v) is 5.93. The van der Waals surface area contributed by atoms with Crippen molar-refractivity contribution < 1.29 is 9.59 Å². The molecule has 1 aromatic carbocycles. The van der Waals surface area contributed by atoms with Crippen LogP contribution < -0.4 is 10.6 Å². The summed E-state index contributed by atoms with van der Waals surface area (Å²) in [6.45, 7) is 7.71. The van der Waals surface area contributed by atoms with Gasteiger partial charge in [0.1, 0.15) is 6.54 Å². The number of carbonyl (C=O) groups excluding carboxylic acids is 2. The van der Waals surface area contributed by atoms with Gasteiger partial charge in [-0.25, -0.2) is 4.99 Å². The number of carbonyl (C=O) groups is 2. The van der Waals surface area contributed by atoms with Crippen LogP contribution in [0.4, 0.5) is 0 Å². The van der Waals surface area contributed by atoms with E-state index in [1.54, 1.807) is 6.92 Å². The molecule has 2 amide bonds. The summed E-state index contributed by atoms with van der Waals surface area (Å²) >= 11 is 0. The molecule has 0 aromatic heterocycles. The smallest absolute Gasteiger partial charge is 0.242 e. The molecule has 0 radical (unpaired) electrons. The van der Waals surface area contributed by atoms with Gasteiger partial charge in [0.25, 0.3) is 0 Å². The third kappa shape index (κ3) is 6.10. The monoisotopic (exact) mass is 345 g/mol. The van der Waals surface area contributed by atoms with Gasteiger partial charge in [-0.05, 0) is 12.5 Å². The normalized spacial score (nSPS) is 15.0. The Bertz CT molecular complexity index is 595. The van der Waals surface area contributed by atoms with Crippen molar-refractivity contribution in [1.29, 1.82) is 0 Å². The zero-order valence-corrected chi connectivity index (χ0v) is 15.0. The number of hydrogen-bond acceptors (Lipinski definition) is 3. The van der Waals surface area contributed by atoms with E-state index in [-0.39, 0.29) is 18.4 Å². The second-order valence-electron chi connectivity index (χ2n) is 5.93. The molecule has 136 valence electrons. The molecule has 0 atom stereocenters. The molecule has 1 aliphatic heterocycles. The van der Waals surface area contributed by atoms with E-state index >= 15 is 0 Å². The molecule has 0 spiro atoms. The lowest BCUT2D eigenvalue weighted by atomic mass is 10.2. The fourth-order valence-electron chi connectivity index (χ4n) is 2.66. The Hall–Kier alpha value is -2.57. The number of guanidine groups is 1. The van der Waals surface area contributed by atoms with Gasteiger partial charge in [0.05, 0.1) is 0 Å². The average Bonchev–Trinajstić information content (AvgIpc) is 2.64. The zero-order chi connectivity index (χ0) is 18.1. The SMILES string of the molecule is CCNC(=NCC(=O)NCc1ccccc1)N1CCN(C(C)=O)CC1. The van der Waals surface area contributed by atoms with E-state index in [9.17, 15) is 9.59 Å². The number of rotatable bonds is 5. The van der Waals surface area contributed by atoms with Crippen LogP contribution in [0.3, 0.4) is 0 Å². The molecule has 2 rings (SSSR count). The maximum absolute atomic E-state index is 12.0. The average molecular weight is 345 g/mol. The molecule has 7 heteroatoms. The van der Waals surface area contributed by atoms with Crippen molar-refractivity contribution in [2.24, 2.45) is 4.99 Å². The van der Waals surface area contributed by atoms with Crippen molar-refractivity contribution in [1.82, 2.24) is 20.4 Å². The van der Waals surface area contributed by atoms with Crippen LogP contribution in [0.25, 0.3) is 0 Å². The Labute approximate surface area is 149 Å². The lowest BCUT2D eigenvalue weighted by Gasteiger charge is -2.36. The summed E-state index contributed by atoms with van der Waals surface area (Å²) in [5.74, 6) is 0.712. The minimum atomic E-state index is -0.110. The second kappa shape index (κ2) is 9.66. The van der Waals surface area contributed by atoms with Crippen LogP contribution in [0.1, 0.15) is 19.4 Å². The van der Waals surface area contributed by atoms with Crippen LogP contribution in [0.5, 0.6) is 0 Å². The van der Waals surface area contributed by atoms with E-state index in [0.717, 1.165) is 31.2 Å². The van der Waals surface area contributed by atoms with Gasteiger partial charge < -0.3 is 20.4 Å². The highest BCUT2D eigenvalue weighted by Gasteiger charge is 2.20. The largest absolute Gasteiger partial charge is 0.357 e. The van der Waals surface area contributed by atoms with E-state index in [1.807, 2.05) is 42.2 Å². The number of piperazine rings is 1. The molecule has 0 saturated carbocycles. The van der Waals surface area contributed by atoms with Crippen molar-refractivity contribution in [3.8, 4) is 0 Å². The van der Waals surface area contributed by atoms with Crippen LogP contribution in [-0.2, 0) is 16.1 Å². The fraction of sp³-hybridized carbons (Fsp3) is 0.500. The van der Waals surface area contributed by atoms with Gasteiger partial charge in [0, 0.05) is 46.2 Å². The topological polar surface area (TPSA) is 77.0 Å². The number of nitrogens with zero attached hydrogens (tertiary/aromatic N) is 3. The van der Waals surface area contributed by atoms with Gasteiger partial charge in [0.2, 0.25) is 11.8 Å². The highest BCUT2D eigenvalue weighted by molar-refractivity contribution is 5.85. The maximum atomic E-state index is 12.0. The summed E-state index contributed by atoms with van der Waals surface area (Å²) in [7, 11) is 0. The highest BCUT2D eigenvalue weighted by Crippen LogP contribution is 2.03. The predicted molar refractivity (Wildman–Crippen MR) is 98.1 cm³/mol. The Kier molecular flexibility index (Phi) is 7.25. The van der Waals surface area contributed by atoms with Crippen molar-refractivity contribution >= 4 is 17.8 Å². The van der Waals surface area contributed by atoms with Crippen molar-refractivity contribution in [2.45, 2.75) is 20.4 Å². The van der Waals surface area contributed by atoms with E-state index in [0.29, 0.717) is 19.6 Å². The first-order chi connectivity index (χ1) is 12.1. The number of benzene rings is 1. The molecular formula is C18H27N5O2. The molecule has 1 saturated heterocycles. The minimum Gasteiger partial charge on any atom is -0.357 e. The van der Waals surface area contributed by atoms with E-state index in [4.69, 9.17) is 0 Å². The molecule has 1 aromatic rings. The number of nitrogens with one attached hydrogen (secondary N) is 2. The van der Waals surface area contributed by atoms with Crippen LogP contribution in [0.15, 0.2) is 35.3 Å². The Morgan fingerprint density at radius 1 is 1.04 bits per heavy atom. The molecule has 25 heavy (non-hydrogen) atoms. The highest BCUT2D eigenvalue weighted by atomic mass is 16.2. The Balaban J connectivity index is 1.84. The Morgan fingerprint density at radius 2 is 1.68 bits per heavy atom. The first kappa shape index (κ1) is 18.8. The van der Waals surface area contributed by atoms with E-state index < -0.39 is 0 Å². The fourth-order valence-corrected chi connectivity index (χ4v) is 2.66. The molecule has 7 nitrogen and oxygen atoms in total. The van der Waals surface area contributed by atoms with Gasteiger partial charge in [-0.1, -0.05) is 30.3 Å². The van der Waals surface area contributed by atoms with Crippen LogP contribution in [0, 0.1) is 0 Å². The minimum absolute atomic E-state index is 0.0854. The van der Waals surface area contributed by atoms with Crippen LogP contribution >= 0.6 is 0 Å². The van der Waals surface area contributed by atoms with Gasteiger partial charge in [-0.3, -0.25) is 9.59 Å². The number of aliphatic imine (C=N–C) groups is 1. The zero-order valence-electron chi connectivity index (χ0n) is 15.0. The summed E-state index contributed by atoms with van der Waals surface area (Å²) in [6, 6.07) is 9.79. The molecule has 0 aliphatic carbocycles. The molecule has 0 unspecified atom stereocenters. The van der Waals surface area contributed by atoms with Crippen molar-refractivity contribution in [2.75, 3.05) is 39.3 Å². The van der Waals surface area contributed by atoms with Crippen LogP contribution in [0.2, 0.25) is 0 Å². The Morgan fingerprint density at radius 3 is 2.28 bits per heavy atom. The first-order valence-corrected chi connectivity index (χ1v) is 8.69. The standard InChI is InChI=1S/C18H27N5O2/c1-3-19-18(23-11-9-22(10-12-23)15(2)24)21-14-17(25)20-13-16-7-5-4-6-8-16/h4-8H,3,9-14H2,1-2H3,(H,19,21)(H,20,25). The van der Waals surface area contributed by atoms with Crippen molar-refractivity contribution in [3.05, 3.63) is 35.9 Å². The van der Waals surface area contributed by atoms with Crippen LogP contribution in [-0.4, -0.2) is 66.8 Å². The van der Waals surface area contributed by atoms with E-state index in [2.05, 4.69) is 20.5 Å². The van der Waals surface area contributed by atoms with E-state index in [1.165, 1.54) is 0 Å². The third-order valence-electron chi connectivity index (χ3n) is 4.06. The summed E-state index contributed by atoms with van der Waals surface area (Å²) in [6.07, 6.45) is 0. The number of amides is 2. The quantitative estimate of drug-likeness (QED) is 0.599. The first-order valence-electron chi connectivity index (χ1n) is 8.69. The summed E-state index contributed by atoms with van der Waals surface area (Å²) in [5, 5.41) is 6.09. The summed E-state index contributed by atoms with van der Waals surface area (Å²) in [5.41, 5.74) is 1.06. The molecule has 1 aliphatic rings. The van der Waals surface area contributed by atoms with Gasteiger partial charge in [-0.15, -0.1) is 0 Å². The molecule has 1 heterocycles. The molecule has 2 N–H and O–H groups in total. The predicted octanol–water partition coefficient (Wildman–Crippen LogP) is 0.432. The molecular weight excluding hydrogens is 318 g/mol. The molecule has 1 fully saturated rings. The lowest BCUT2D eigenvalue weighted by molar-refractivity contribution is -0.130.